The summed E-state index contributed by atoms with van der Waals surface area (Å²) in [6, 6.07) is 151. The molecule has 0 spiro atoms. The molecule has 0 aliphatic rings. The van der Waals surface area contributed by atoms with Crippen molar-refractivity contribution in [2.75, 3.05) is 0 Å². The molecule has 0 heteroatoms. The summed E-state index contributed by atoms with van der Waals surface area (Å²) in [4.78, 5) is 0. The van der Waals surface area contributed by atoms with Crippen LogP contribution in [0.4, 0.5) is 0 Å². The van der Waals surface area contributed by atoms with E-state index in [2.05, 4.69) is 413 Å². The Hall–Kier alpha value is -13.5. The van der Waals surface area contributed by atoms with Gasteiger partial charge < -0.3 is 0 Å². The minimum Gasteiger partial charge on any atom is -0.0622 e. The van der Waals surface area contributed by atoms with E-state index in [4.69, 9.17) is 0 Å². The van der Waals surface area contributed by atoms with Crippen LogP contribution in [0.15, 0.2) is 413 Å². The van der Waals surface area contributed by atoms with Crippen molar-refractivity contribution in [1.82, 2.24) is 0 Å². The number of fused-ring (bicyclic) bond motifs is 8. The molecule has 20 aromatic rings. The smallest absolute Gasteiger partial charge is 0.00201 e. The highest BCUT2D eigenvalue weighted by Gasteiger charge is 2.21. The standard InChI is InChI=1S/2C52H34/c1-2-11-35(12-3-1)36-21-23-37(24-22-36)38-25-27-39(28-26-38)42-31-29-40-30-32-43(34-44(40)33-42)51-47-16-6-8-18-49(47)52(50-19-9-7-17-48(50)51)46-20-10-14-41-13-4-5-15-45(41)46;1-2-13-37(14-3-1)43-17-6-7-18-44(43)39-29-25-35(26-30-39)40-31-27-36-28-32-41(34-42(36)33-40)51-47-20-8-10-22-49(47)52(50-23-11-9-21-48(50)51)46-24-12-16-38-15-4-5-19-45(38)46/h2*1-34H. The van der Waals surface area contributed by atoms with Gasteiger partial charge in [-0.1, -0.05) is 388 Å². The van der Waals surface area contributed by atoms with Crippen molar-refractivity contribution in [3.8, 4) is 111 Å². The van der Waals surface area contributed by atoms with Crippen molar-refractivity contribution >= 4 is 86.2 Å². The van der Waals surface area contributed by atoms with E-state index in [0.29, 0.717) is 0 Å². The maximum absolute atomic E-state index is 2.38. The highest BCUT2D eigenvalue weighted by Crippen LogP contribution is 2.49. The van der Waals surface area contributed by atoms with Crippen LogP contribution >= 0.6 is 0 Å². The predicted molar refractivity (Wildman–Crippen MR) is 447 cm³/mol. The molecule has 0 saturated heterocycles. The Morgan fingerprint density at radius 1 is 0.0962 bits per heavy atom. The van der Waals surface area contributed by atoms with E-state index in [0.717, 1.165) is 0 Å². The number of hydrogen-bond acceptors (Lipinski definition) is 0. The second kappa shape index (κ2) is 26.5. The summed E-state index contributed by atoms with van der Waals surface area (Å²) >= 11 is 0. The maximum atomic E-state index is 2.38. The van der Waals surface area contributed by atoms with E-state index in [-0.39, 0.29) is 0 Å². The molecule has 0 N–H and O–H groups in total. The van der Waals surface area contributed by atoms with Crippen LogP contribution in [-0.2, 0) is 0 Å². The minimum atomic E-state index is 1.21. The van der Waals surface area contributed by atoms with Gasteiger partial charge in [0.05, 0.1) is 0 Å². The van der Waals surface area contributed by atoms with Gasteiger partial charge >= 0.3 is 0 Å². The van der Waals surface area contributed by atoms with Gasteiger partial charge in [0, 0.05) is 0 Å². The average molecular weight is 1320 g/mol. The molecule has 0 fully saturated rings. The van der Waals surface area contributed by atoms with Gasteiger partial charge in [-0.3, -0.25) is 0 Å². The third-order valence-corrected chi connectivity index (χ3v) is 21.3. The van der Waals surface area contributed by atoms with Gasteiger partial charge in [0.1, 0.15) is 0 Å². The Kier molecular flexibility index (Phi) is 15.7. The molecule has 0 aromatic heterocycles. The fraction of sp³-hybridized carbons (Fsp3) is 0. The molecular weight excluding hydrogens is 1250 g/mol. The molecule has 0 bridgehead atoms. The van der Waals surface area contributed by atoms with Gasteiger partial charge in [-0.25, -0.2) is 0 Å². The summed E-state index contributed by atoms with van der Waals surface area (Å²) in [6.07, 6.45) is 0. The van der Waals surface area contributed by atoms with Gasteiger partial charge in [0.2, 0.25) is 0 Å². The molecule has 20 aromatic carbocycles. The van der Waals surface area contributed by atoms with Crippen molar-refractivity contribution in [3.63, 3.8) is 0 Å². The van der Waals surface area contributed by atoms with E-state index in [1.54, 1.807) is 0 Å². The summed E-state index contributed by atoms with van der Waals surface area (Å²) in [7, 11) is 0. The second-order valence-electron chi connectivity index (χ2n) is 27.3. The van der Waals surface area contributed by atoms with Crippen molar-refractivity contribution in [1.29, 1.82) is 0 Å². The highest BCUT2D eigenvalue weighted by atomic mass is 14.2. The molecule has 104 heavy (non-hydrogen) atoms. The minimum absolute atomic E-state index is 1.21. The molecule has 20 rings (SSSR count). The van der Waals surface area contributed by atoms with Crippen LogP contribution in [0.2, 0.25) is 0 Å². The third-order valence-electron chi connectivity index (χ3n) is 21.3. The Morgan fingerprint density at radius 3 is 0.683 bits per heavy atom. The average Bonchev–Trinajstić information content (AvgIpc) is 0.732. The number of rotatable bonds is 10. The van der Waals surface area contributed by atoms with Crippen LogP contribution in [0.5, 0.6) is 0 Å². The van der Waals surface area contributed by atoms with Crippen LogP contribution in [-0.4, -0.2) is 0 Å². The summed E-state index contributed by atoms with van der Waals surface area (Å²) < 4.78 is 0. The SMILES string of the molecule is c1ccc(-c2ccc(-c3ccc(-c4ccc5ccc(-c6c7ccccc7c(-c7cccc8ccccc78)c7ccccc67)cc5c4)cc3)cc2)cc1.c1ccc(-c2ccccc2-c2ccc(-c3ccc4ccc(-c5c6ccccc6c(-c6cccc7ccccc67)c6ccccc56)cc4c3)cc2)cc1. The molecule has 0 aliphatic carbocycles. The monoisotopic (exact) mass is 1320 g/mol. The Balaban J connectivity index is 0.000000143. The summed E-state index contributed by atoms with van der Waals surface area (Å²) in [5.41, 5.74) is 24.9. The summed E-state index contributed by atoms with van der Waals surface area (Å²) in [6.45, 7) is 0. The molecule has 0 atom stereocenters. The van der Waals surface area contributed by atoms with Crippen molar-refractivity contribution in [2.24, 2.45) is 0 Å². The van der Waals surface area contributed by atoms with E-state index in [9.17, 15) is 0 Å². The first kappa shape index (κ1) is 61.6. The van der Waals surface area contributed by atoms with Gasteiger partial charge in [0.15, 0.2) is 0 Å². The Morgan fingerprint density at radius 2 is 0.317 bits per heavy atom. The molecule has 484 valence electrons. The Bertz CT molecular complexity index is 6540. The maximum Gasteiger partial charge on any atom is -0.00201 e. The van der Waals surface area contributed by atoms with Crippen LogP contribution in [0.1, 0.15) is 0 Å². The first-order valence-electron chi connectivity index (χ1n) is 36.0. The topological polar surface area (TPSA) is 0 Å². The highest BCUT2D eigenvalue weighted by molar-refractivity contribution is 6.25. The largest absolute Gasteiger partial charge is 0.0622 e. The zero-order chi connectivity index (χ0) is 68.9. The third kappa shape index (κ3) is 11.2. The first-order valence-corrected chi connectivity index (χ1v) is 36.0. The van der Waals surface area contributed by atoms with Gasteiger partial charge in [-0.2, -0.15) is 0 Å². The zero-order valence-corrected chi connectivity index (χ0v) is 57.3. The summed E-state index contributed by atoms with van der Waals surface area (Å²) in [5, 5.41) is 20.2. The fourth-order valence-electron chi connectivity index (χ4n) is 16.3. The van der Waals surface area contributed by atoms with Crippen molar-refractivity contribution < 1.29 is 0 Å². The fourth-order valence-corrected chi connectivity index (χ4v) is 16.3. The molecule has 0 nitrogen and oxygen atoms in total. The van der Waals surface area contributed by atoms with Gasteiger partial charge in [-0.15, -0.1) is 0 Å². The van der Waals surface area contributed by atoms with E-state index in [1.807, 2.05) is 0 Å². The number of benzene rings is 20. The molecule has 0 heterocycles. The van der Waals surface area contributed by atoms with Crippen molar-refractivity contribution in [2.45, 2.75) is 0 Å². The van der Waals surface area contributed by atoms with Crippen LogP contribution in [0, 0.1) is 0 Å². The Labute approximate surface area is 606 Å². The second-order valence-corrected chi connectivity index (χ2v) is 27.3. The van der Waals surface area contributed by atoms with Crippen LogP contribution in [0.25, 0.3) is 197 Å². The van der Waals surface area contributed by atoms with Gasteiger partial charge in [-0.05, 0) is 222 Å². The normalized spacial score (nSPS) is 11.5. The number of hydrogen-bond donors (Lipinski definition) is 0. The van der Waals surface area contributed by atoms with Crippen molar-refractivity contribution in [3.05, 3.63) is 413 Å². The van der Waals surface area contributed by atoms with Crippen LogP contribution in [0.3, 0.4) is 0 Å². The molecule has 0 saturated carbocycles. The lowest BCUT2D eigenvalue weighted by Gasteiger charge is -2.19. The lowest BCUT2D eigenvalue weighted by Crippen LogP contribution is -1.91. The van der Waals surface area contributed by atoms with Crippen LogP contribution < -0.4 is 0 Å². The van der Waals surface area contributed by atoms with E-state index in [1.165, 1.54) is 197 Å². The lowest BCUT2D eigenvalue weighted by molar-refractivity contribution is 1.57. The molecule has 0 radical (unpaired) electrons. The van der Waals surface area contributed by atoms with E-state index < -0.39 is 0 Å². The lowest BCUT2D eigenvalue weighted by atomic mass is 9.84. The zero-order valence-electron chi connectivity index (χ0n) is 57.3. The molecular formula is C104H68. The molecule has 0 amide bonds. The predicted octanol–water partition coefficient (Wildman–Crippen LogP) is 29.3. The molecule has 0 aliphatic heterocycles. The first-order chi connectivity index (χ1) is 51.6. The summed E-state index contributed by atoms with van der Waals surface area (Å²) in [5.74, 6) is 0. The molecule has 0 unspecified atom stereocenters. The van der Waals surface area contributed by atoms with Gasteiger partial charge in [0.25, 0.3) is 0 Å². The quantitative estimate of drug-likeness (QED) is 0.120. The van der Waals surface area contributed by atoms with E-state index >= 15 is 0 Å².